The quantitative estimate of drug-likeness (QED) is 0.520. The van der Waals surface area contributed by atoms with Crippen molar-refractivity contribution >= 4 is 32.9 Å². The maximum absolute atomic E-state index is 12.7. The van der Waals surface area contributed by atoms with Gasteiger partial charge in [-0.2, -0.15) is 4.31 Å². The number of esters is 1. The van der Waals surface area contributed by atoms with E-state index in [-0.39, 0.29) is 21.7 Å². The van der Waals surface area contributed by atoms with E-state index in [1.165, 1.54) is 41.6 Å². The van der Waals surface area contributed by atoms with Crippen molar-refractivity contribution in [2.75, 3.05) is 13.1 Å². The maximum atomic E-state index is 12.7. The number of para-hydroxylation sites is 1. The number of sulfonamides is 1. The number of amides is 1. The number of benzene rings is 2. The van der Waals surface area contributed by atoms with Crippen molar-refractivity contribution in [3.8, 4) is 0 Å². The summed E-state index contributed by atoms with van der Waals surface area (Å²) >= 11 is 0. The summed E-state index contributed by atoms with van der Waals surface area (Å²) < 4.78 is 32.6. The minimum absolute atomic E-state index is 0.0505. The van der Waals surface area contributed by atoms with E-state index in [1.54, 1.807) is 32.0 Å². The van der Waals surface area contributed by atoms with Crippen LogP contribution in [0.2, 0.25) is 0 Å². The number of hydrogen-bond donors (Lipinski definition) is 1. The maximum Gasteiger partial charge on any atom is 0.338 e. The Bertz CT molecular complexity index is 1360. The zero-order chi connectivity index (χ0) is 24.3. The van der Waals surface area contributed by atoms with Gasteiger partial charge in [-0.3, -0.25) is 4.79 Å². The first-order valence-electron chi connectivity index (χ1n) is 10.2. The van der Waals surface area contributed by atoms with E-state index >= 15 is 0 Å². The lowest BCUT2D eigenvalue weighted by Gasteiger charge is -2.19. The molecule has 0 aliphatic carbocycles. The number of primary amides is 1. The highest BCUT2D eigenvalue weighted by Crippen LogP contribution is 2.20. The van der Waals surface area contributed by atoms with Crippen LogP contribution in [0.15, 0.2) is 58.2 Å². The van der Waals surface area contributed by atoms with Crippen LogP contribution in [-0.4, -0.2) is 47.4 Å². The van der Waals surface area contributed by atoms with Crippen LogP contribution in [0.25, 0.3) is 10.9 Å². The molecule has 1 aromatic heterocycles. The van der Waals surface area contributed by atoms with Gasteiger partial charge in [-0.15, -0.1) is 0 Å². The van der Waals surface area contributed by atoms with E-state index < -0.39 is 33.7 Å². The summed E-state index contributed by atoms with van der Waals surface area (Å²) in [4.78, 5) is 41.6. The van der Waals surface area contributed by atoms with Gasteiger partial charge in [0.1, 0.15) is 0 Å². The van der Waals surface area contributed by atoms with Crippen molar-refractivity contribution in [2.45, 2.75) is 31.8 Å². The molecule has 0 saturated heterocycles. The third kappa shape index (κ3) is 4.64. The Hall–Kier alpha value is -3.57. The van der Waals surface area contributed by atoms with E-state index in [0.29, 0.717) is 23.2 Å². The Morgan fingerprint density at radius 1 is 1.09 bits per heavy atom. The lowest BCUT2D eigenvalue weighted by Crippen LogP contribution is -2.36. The van der Waals surface area contributed by atoms with Crippen molar-refractivity contribution < 1.29 is 22.7 Å². The van der Waals surface area contributed by atoms with Crippen LogP contribution in [0.1, 0.15) is 43.1 Å². The number of nitrogens with two attached hydrogens (primary N) is 1. The van der Waals surface area contributed by atoms with E-state index in [4.69, 9.17) is 10.5 Å². The lowest BCUT2D eigenvalue weighted by atomic mass is 10.2. The van der Waals surface area contributed by atoms with E-state index in [2.05, 4.69) is 4.98 Å². The third-order valence-corrected chi connectivity index (χ3v) is 7.17. The minimum Gasteiger partial charge on any atom is -0.451 e. The van der Waals surface area contributed by atoms with Crippen LogP contribution in [0.3, 0.4) is 0 Å². The number of rotatable bonds is 7. The predicted molar refractivity (Wildman–Crippen MR) is 121 cm³/mol. The van der Waals surface area contributed by atoms with Crippen LogP contribution in [0.4, 0.5) is 4.79 Å². The lowest BCUT2D eigenvalue weighted by molar-refractivity contribution is 0.0313. The molecule has 0 bridgehead atoms. The molecule has 174 valence electrons. The second kappa shape index (κ2) is 9.51. The van der Waals surface area contributed by atoms with Crippen molar-refractivity contribution in [3.05, 3.63) is 70.3 Å². The number of nitrogens with zero attached hydrogens (tertiary/aromatic N) is 3. The van der Waals surface area contributed by atoms with Gasteiger partial charge in [-0.05, 0) is 43.3 Å². The summed E-state index contributed by atoms with van der Waals surface area (Å²) in [6.45, 7) is 5.56. The highest BCUT2D eigenvalue weighted by molar-refractivity contribution is 7.89. The van der Waals surface area contributed by atoms with Gasteiger partial charge in [0.15, 0.2) is 11.9 Å². The van der Waals surface area contributed by atoms with E-state index in [0.717, 1.165) is 0 Å². The molecule has 3 rings (SSSR count). The van der Waals surface area contributed by atoms with Gasteiger partial charge in [0, 0.05) is 13.1 Å². The molecule has 1 unspecified atom stereocenters. The molecule has 2 N–H and O–H groups in total. The van der Waals surface area contributed by atoms with E-state index in [9.17, 15) is 22.8 Å². The molecule has 0 radical (unpaired) electrons. The molecule has 1 amide bonds. The zero-order valence-corrected chi connectivity index (χ0v) is 19.2. The molecular formula is C22H24N4O6S. The fourth-order valence-electron chi connectivity index (χ4n) is 3.39. The molecule has 11 heteroatoms. The molecule has 0 aliphatic heterocycles. The molecular weight excluding hydrogens is 448 g/mol. The number of carbonyl (C=O) groups is 2. The van der Waals surface area contributed by atoms with Gasteiger partial charge < -0.3 is 10.5 Å². The van der Waals surface area contributed by atoms with Crippen molar-refractivity contribution in [1.82, 2.24) is 13.9 Å². The van der Waals surface area contributed by atoms with Crippen LogP contribution in [0, 0.1) is 0 Å². The summed E-state index contributed by atoms with van der Waals surface area (Å²) in [5.74, 6) is -0.909. The molecule has 3 aromatic rings. The Kier molecular flexibility index (Phi) is 6.94. The van der Waals surface area contributed by atoms with Gasteiger partial charge in [0.05, 0.1) is 21.4 Å². The van der Waals surface area contributed by atoms with Gasteiger partial charge in [-0.25, -0.2) is 27.6 Å². The van der Waals surface area contributed by atoms with Gasteiger partial charge in [0.2, 0.25) is 10.0 Å². The first-order chi connectivity index (χ1) is 15.6. The van der Waals surface area contributed by atoms with Crippen LogP contribution in [-0.2, 0) is 14.8 Å². The molecule has 10 nitrogen and oxygen atoms in total. The zero-order valence-electron chi connectivity index (χ0n) is 18.4. The molecule has 1 atom stereocenters. The van der Waals surface area contributed by atoms with Gasteiger partial charge in [-0.1, -0.05) is 26.0 Å². The first-order valence-corrected chi connectivity index (χ1v) is 11.7. The highest BCUT2D eigenvalue weighted by Gasteiger charge is 2.25. The number of hydrogen-bond acceptors (Lipinski definition) is 7. The average Bonchev–Trinajstić information content (AvgIpc) is 2.79. The standard InChI is InChI=1S/C22H24N4O6S/c1-4-25(5-2)33(30,31)16-12-10-15(11-13-16)21(28)32-14(3)19-24-18-9-7-6-8-17(18)20(27)26(19)22(23)29/h6-14H,4-5H2,1-3H3,(H2,23,29). The smallest absolute Gasteiger partial charge is 0.338 e. The van der Waals surface area contributed by atoms with Gasteiger partial charge >= 0.3 is 12.0 Å². The molecule has 0 aliphatic rings. The fourth-order valence-corrected chi connectivity index (χ4v) is 4.85. The monoisotopic (exact) mass is 472 g/mol. The van der Waals surface area contributed by atoms with Crippen molar-refractivity contribution in [3.63, 3.8) is 0 Å². The number of ether oxygens (including phenoxy) is 1. The SMILES string of the molecule is CCN(CC)S(=O)(=O)c1ccc(C(=O)OC(C)c2nc3ccccc3c(=O)n2C(N)=O)cc1. The number of carbonyl (C=O) groups excluding carboxylic acids is 2. The normalized spacial score (nSPS) is 12.6. The Morgan fingerprint density at radius 3 is 2.27 bits per heavy atom. The summed E-state index contributed by atoms with van der Waals surface area (Å²) in [7, 11) is -3.67. The summed E-state index contributed by atoms with van der Waals surface area (Å²) in [6.07, 6.45) is -1.10. The topological polar surface area (TPSA) is 142 Å². The second-order valence-electron chi connectivity index (χ2n) is 7.13. The Labute approximate surface area is 190 Å². The summed E-state index contributed by atoms with van der Waals surface area (Å²) in [5, 5.41) is 0.198. The molecule has 0 fully saturated rings. The molecule has 0 spiro atoms. The highest BCUT2D eigenvalue weighted by atomic mass is 32.2. The molecule has 1 heterocycles. The van der Waals surface area contributed by atoms with Gasteiger partial charge in [0.25, 0.3) is 5.56 Å². The number of fused-ring (bicyclic) bond motifs is 1. The fraction of sp³-hybridized carbons (Fsp3) is 0.273. The summed E-state index contributed by atoms with van der Waals surface area (Å²) in [5.41, 5.74) is 5.12. The molecule has 33 heavy (non-hydrogen) atoms. The van der Waals surface area contributed by atoms with Crippen molar-refractivity contribution in [2.24, 2.45) is 5.73 Å². The van der Waals surface area contributed by atoms with Crippen LogP contribution < -0.4 is 11.3 Å². The first kappa shape index (κ1) is 24.1. The predicted octanol–water partition coefficient (Wildman–Crippen LogP) is 2.27. The van der Waals surface area contributed by atoms with Crippen molar-refractivity contribution in [1.29, 1.82) is 0 Å². The Balaban J connectivity index is 1.90. The number of aromatic nitrogens is 2. The molecule has 0 saturated carbocycles. The third-order valence-electron chi connectivity index (χ3n) is 5.10. The minimum atomic E-state index is -3.67. The summed E-state index contributed by atoms with van der Waals surface area (Å²) in [6, 6.07) is 10.7. The Morgan fingerprint density at radius 2 is 1.70 bits per heavy atom. The second-order valence-corrected chi connectivity index (χ2v) is 9.07. The van der Waals surface area contributed by atoms with Crippen LogP contribution in [0.5, 0.6) is 0 Å². The molecule has 2 aromatic carbocycles. The largest absolute Gasteiger partial charge is 0.451 e. The average molecular weight is 473 g/mol. The van der Waals surface area contributed by atoms with E-state index in [1.807, 2.05) is 0 Å². The van der Waals surface area contributed by atoms with Crippen LogP contribution >= 0.6 is 0 Å².